The third-order valence-corrected chi connectivity index (χ3v) is 3.17. The van der Waals surface area contributed by atoms with Gasteiger partial charge in [0.25, 0.3) is 0 Å². The molecule has 0 aromatic heterocycles. The number of nitrogens with zero attached hydrogens (tertiary/aromatic N) is 1. The van der Waals surface area contributed by atoms with Crippen molar-refractivity contribution in [3.05, 3.63) is 49.6 Å². The molecule has 0 aliphatic heterocycles. The molecule has 0 saturated carbocycles. The van der Waals surface area contributed by atoms with Gasteiger partial charge in [-0.05, 0) is 25.5 Å². The van der Waals surface area contributed by atoms with Crippen LogP contribution >= 0.6 is 0 Å². The molecule has 1 rings (SSSR count). The van der Waals surface area contributed by atoms with Crippen molar-refractivity contribution in [2.45, 2.75) is 26.4 Å². The van der Waals surface area contributed by atoms with E-state index in [4.69, 9.17) is 4.74 Å². The lowest BCUT2D eigenvalue weighted by molar-refractivity contribution is -0.117. The van der Waals surface area contributed by atoms with E-state index >= 15 is 0 Å². The number of ether oxygens (including phenoxy) is 1. The van der Waals surface area contributed by atoms with E-state index in [9.17, 15) is 4.79 Å². The number of nitrogens with one attached hydrogen (secondary N) is 1. The minimum absolute atomic E-state index is 0.0654. The molecule has 1 N–H and O–H groups in total. The fourth-order valence-electron chi connectivity index (χ4n) is 1.94. The summed E-state index contributed by atoms with van der Waals surface area (Å²) < 4.78 is 5.76. The zero-order valence-electron chi connectivity index (χ0n) is 13.5. The molecule has 1 atom stereocenters. The maximum absolute atomic E-state index is 12.1. The Hall–Kier alpha value is -2.07. The van der Waals surface area contributed by atoms with Crippen molar-refractivity contribution in [1.82, 2.24) is 4.90 Å². The van der Waals surface area contributed by atoms with Gasteiger partial charge in [-0.2, -0.15) is 0 Å². The van der Waals surface area contributed by atoms with E-state index in [0.717, 1.165) is 17.9 Å². The van der Waals surface area contributed by atoms with Gasteiger partial charge >= 0.3 is 0 Å². The molecule has 22 heavy (non-hydrogen) atoms. The molecule has 120 valence electrons. The lowest BCUT2D eigenvalue weighted by Gasteiger charge is -2.18. The van der Waals surface area contributed by atoms with Crippen LogP contribution in [0.5, 0.6) is 5.75 Å². The number of amides is 1. The summed E-state index contributed by atoms with van der Waals surface area (Å²) in [5.74, 6) is 0.700. The average Bonchev–Trinajstić information content (AvgIpc) is 2.47. The van der Waals surface area contributed by atoms with Gasteiger partial charge in [-0.1, -0.05) is 25.1 Å². The first-order valence-corrected chi connectivity index (χ1v) is 7.59. The van der Waals surface area contributed by atoms with Gasteiger partial charge in [0.05, 0.1) is 12.6 Å². The van der Waals surface area contributed by atoms with E-state index in [2.05, 4.69) is 25.4 Å². The summed E-state index contributed by atoms with van der Waals surface area (Å²) in [7, 11) is 0. The molecule has 0 heterocycles. The fourth-order valence-corrected chi connectivity index (χ4v) is 1.94. The van der Waals surface area contributed by atoms with Crippen LogP contribution in [0.1, 0.15) is 20.3 Å². The molecule has 0 aliphatic carbocycles. The molecule has 0 aliphatic rings. The topological polar surface area (TPSA) is 41.6 Å². The van der Waals surface area contributed by atoms with Crippen LogP contribution in [0.2, 0.25) is 0 Å². The van der Waals surface area contributed by atoms with Crippen molar-refractivity contribution >= 4 is 11.6 Å². The number of benzene rings is 1. The second-order valence-electron chi connectivity index (χ2n) is 5.18. The van der Waals surface area contributed by atoms with Gasteiger partial charge < -0.3 is 10.1 Å². The Balaban J connectivity index is 2.61. The maximum atomic E-state index is 12.1. The average molecular weight is 302 g/mol. The van der Waals surface area contributed by atoms with E-state index in [-0.39, 0.29) is 12.0 Å². The minimum atomic E-state index is -0.0654. The standard InChI is InChI=1S/C18H26N2O2/c1-5-11-20(12-6-2)14-18(21)19-16-9-8-10-17(13-16)22-15(4)7-3/h5-6,8-10,13,15H,1-2,7,11-12,14H2,3-4H3,(H,19,21). The lowest BCUT2D eigenvalue weighted by atomic mass is 10.2. The highest BCUT2D eigenvalue weighted by Crippen LogP contribution is 2.19. The quantitative estimate of drug-likeness (QED) is 0.673. The van der Waals surface area contributed by atoms with Crippen molar-refractivity contribution in [2.24, 2.45) is 0 Å². The number of hydrogen-bond donors (Lipinski definition) is 1. The van der Waals surface area contributed by atoms with Crippen LogP contribution in [0, 0.1) is 0 Å². The van der Waals surface area contributed by atoms with E-state index in [0.29, 0.717) is 19.6 Å². The van der Waals surface area contributed by atoms with Crippen LogP contribution in [-0.2, 0) is 4.79 Å². The second-order valence-corrected chi connectivity index (χ2v) is 5.18. The summed E-state index contributed by atoms with van der Waals surface area (Å²) >= 11 is 0. The highest BCUT2D eigenvalue weighted by Gasteiger charge is 2.09. The molecule has 0 fully saturated rings. The monoisotopic (exact) mass is 302 g/mol. The molecule has 1 unspecified atom stereocenters. The third kappa shape index (κ3) is 6.59. The van der Waals surface area contributed by atoms with Gasteiger partial charge in [-0.15, -0.1) is 13.2 Å². The first kappa shape index (κ1) is 18.0. The molecule has 4 nitrogen and oxygen atoms in total. The summed E-state index contributed by atoms with van der Waals surface area (Å²) in [4.78, 5) is 14.1. The summed E-state index contributed by atoms with van der Waals surface area (Å²) in [6.45, 7) is 13.1. The Bertz CT molecular complexity index is 490. The highest BCUT2D eigenvalue weighted by atomic mass is 16.5. The van der Waals surface area contributed by atoms with Gasteiger partial charge in [0.2, 0.25) is 5.91 Å². The van der Waals surface area contributed by atoms with Crippen molar-refractivity contribution < 1.29 is 9.53 Å². The molecule has 1 aromatic carbocycles. The van der Waals surface area contributed by atoms with Crippen LogP contribution in [0.3, 0.4) is 0 Å². The summed E-state index contributed by atoms with van der Waals surface area (Å²) in [6, 6.07) is 7.46. The Kier molecular flexibility index (Phi) is 8.00. The smallest absolute Gasteiger partial charge is 0.238 e. The largest absolute Gasteiger partial charge is 0.491 e. The predicted molar refractivity (Wildman–Crippen MR) is 92.3 cm³/mol. The number of anilines is 1. The second kappa shape index (κ2) is 9.79. The van der Waals surface area contributed by atoms with Crippen molar-refractivity contribution in [3.8, 4) is 5.75 Å². The fraction of sp³-hybridized carbons (Fsp3) is 0.389. The predicted octanol–water partition coefficient (Wildman–Crippen LogP) is 3.48. The maximum Gasteiger partial charge on any atom is 0.238 e. The van der Waals surface area contributed by atoms with E-state index in [1.807, 2.05) is 36.1 Å². The highest BCUT2D eigenvalue weighted by molar-refractivity contribution is 5.92. The number of carbonyl (C=O) groups is 1. The van der Waals surface area contributed by atoms with Gasteiger partial charge in [0.15, 0.2) is 0 Å². The molecule has 1 aromatic rings. The number of carbonyl (C=O) groups excluding carboxylic acids is 1. The van der Waals surface area contributed by atoms with Crippen molar-refractivity contribution in [3.63, 3.8) is 0 Å². The van der Waals surface area contributed by atoms with Gasteiger partial charge in [0, 0.05) is 24.8 Å². The first-order chi connectivity index (χ1) is 10.6. The molecule has 0 bridgehead atoms. The van der Waals surface area contributed by atoms with Gasteiger partial charge in [-0.25, -0.2) is 0 Å². The van der Waals surface area contributed by atoms with Gasteiger partial charge in [0.1, 0.15) is 5.75 Å². The van der Waals surface area contributed by atoms with Gasteiger partial charge in [-0.3, -0.25) is 9.69 Å². The zero-order valence-corrected chi connectivity index (χ0v) is 13.5. The molecule has 1 amide bonds. The SMILES string of the molecule is C=CCN(CC=C)CC(=O)Nc1cccc(OC(C)CC)c1. The normalized spacial score (nSPS) is 11.8. The zero-order chi connectivity index (χ0) is 16.4. The first-order valence-electron chi connectivity index (χ1n) is 7.59. The van der Waals surface area contributed by atoms with Crippen molar-refractivity contribution in [1.29, 1.82) is 0 Å². The van der Waals surface area contributed by atoms with Crippen molar-refractivity contribution in [2.75, 3.05) is 25.0 Å². The Morgan fingerprint density at radius 3 is 2.64 bits per heavy atom. The van der Waals surface area contributed by atoms with Crippen LogP contribution in [0.4, 0.5) is 5.69 Å². The Morgan fingerprint density at radius 2 is 2.05 bits per heavy atom. The number of rotatable bonds is 10. The van der Waals surface area contributed by atoms with Crippen LogP contribution in [-0.4, -0.2) is 36.5 Å². The summed E-state index contributed by atoms with van der Waals surface area (Å²) in [5, 5.41) is 2.89. The van der Waals surface area contributed by atoms with Crippen LogP contribution < -0.4 is 10.1 Å². The number of hydrogen-bond acceptors (Lipinski definition) is 3. The summed E-state index contributed by atoms with van der Waals surface area (Å²) in [5.41, 5.74) is 0.739. The Labute approximate surface area is 133 Å². The third-order valence-electron chi connectivity index (χ3n) is 3.17. The molecule has 4 heteroatoms. The van der Waals surface area contributed by atoms with E-state index in [1.165, 1.54) is 0 Å². The minimum Gasteiger partial charge on any atom is -0.491 e. The van der Waals surface area contributed by atoms with E-state index in [1.54, 1.807) is 12.2 Å². The molecular formula is C18H26N2O2. The Morgan fingerprint density at radius 1 is 1.36 bits per heavy atom. The summed E-state index contributed by atoms with van der Waals surface area (Å²) in [6.07, 6.45) is 4.64. The molecular weight excluding hydrogens is 276 g/mol. The molecule has 0 saturated heterocycles. The molecule has 0 radical (unpaired) electrons. The van der Waals surface area contributed by atoms with Crippen LogP contribution in [0.15, 0.2) is 49.6 Å². The molecule has 0 spiro atoms. The lowest BCUT2D eigenvalue weighted by Crippen LogP contribution is -2.33. The van der Waals surface area contributed by atoms with Crippen LogP contribution in [0.25, 0.3) is 0 Å². The van der Waals surface area contributed by atoms with E-state index < -0.39 is 0 Å².